The second kappa shape index (κ2) is 6.61. The first kappa shape index (κ1) is 16.8. The van der Waals surface area contributed by atoms with E-state index in [-0.39, 0.29) is 11.8 Å². The zero-order chi connectivity index (χ0) is 19.0. The van der Waals surface area contributed by atoms with Gasteiger partial charge in [0, 0.05) is 12.0 Å². The Hall–Kier alpha value is -3.60. The number of pyridine rings is 1. The highest BCUT2D eigenvalue weighted by Crippen LogP contribution is 2.34. The Morgan fingerprint density at radius 2 is 2.15 bits per heavy atom. The van der Waals surface area contributed by atoms with Crippen molar-refractivity contribution in [2.75, 3.05) is 17.7 Å². The van der Waals surface area contributed by atoms with Gasteiger partial charge in [-0.3, -0.25) is 4.79 Å². The van der Waals surface area contributed by atoms with Crippen molar-refractivity contribution in [3.05, 3.63) is 35.7 Å². The Kier molecular flexibility index (Phi) is 4.12. The van der Waals surface area contributed by atoms with Crippen LogP contribution >= 0.6 is 0 Å². The number of H-pyrrole nitrogens is 1. The number of ether oxygens (including phenoxy) is 1. The summed E-state index contributed by atoms with van der Waals surface area (Å²) in [4.78, 5) is 24.1. The third-order valence-electron chi connectivity index (χ3n) is 4.38. The molecule has 3 N–H and O–H groups in total. The molecule has 8 heteroatoms. The summed E-state index contributed by atoms with van der Waals surface area (Å²) >= 11 is 0. The second-order valence-corrected chi connectivity index (χ2v) is 6.46. The minimum Gasteiger partial charge on any atom is -0.493 e. The molecular formula is C19H18N6O2. The molecule has 0 aliphatic heterocycles. The van der Waals surface area contributed by atoms with Crippen LogP contribution in [0.2, 0.25) is 0 Å². The lowest BCUT2D eigenvalue weighted by Gasteiger charge is -2.13. The average molecular weight is 362 g/mol. The molecule has 0 atom stereocenters. The summed E-state index contributed by atoms with van der Waals surface area (Å²) in [5.41, 5.74) is 2.92. The fraction of sp³-hybridized carbons (Fsp3) is 0.263. The van der Waals surface area contributed by atoms with Crippen LogP contribution in [0.5, 0.6) is 5.75 Å². The van der Waals surface area contributed by atoms with Gasteiger partial charge in [-0.05, 0) is 31.9 Å². The minimum atomic E-state index is -0.0203. The number of benzene rings is 1. The number of carbonyl (C=O) groups is 1. The zero-order valence-corrected chi connectivity index (χ0v) is 15.0. The maximum Gasteiger partial charge on any atom is 0.228 e. The van der Waals surface area contributed by atoms with Crippen molar-refractivity contribution in [2.24, 2.45) is 5.92 Å². The third-order valence-corrected chi connectivity index (χ3v) is 4.38. The van der Waals surface area contributed by atoms with Crippen LogP contribution in [0.1, 0.15) is 24.2 Å². The number of imidazole rings is 1. The molecular weight excluding hydrogens is 344 g/mol. The molecule has 1 fully saturated rings. The lowest BCUT2D eigenvalue weighted by molar-refractivity contribution is -0.117. The van der Waals surface area contributed by atoms with Crippen LogP contribution in [-0.2, 0) is 4.79 Å². The molecule has 1 saturated carbocycles. The lowest BCUT2D eigenvalue weighted by Crippen LogP contribution is -2.14. The number of hydrogen-bond acceptors (Lipinski definition) is 6. The minimum absolute atomic E-state index is 0.0203. The molecule has 0 unspecified atom stereocenters. The van der Waals surface area contributed by atoms with Crippen LogP contribution in [0.25, 0.3) is 11.2 Å². The van der Waals surface area contributed by atoms with E-state index in [1.807, 2.05) is 13.0 Å². The number of para-hydroxylation sites is 1. The number of hydrogen-bond donors (Lipinski definition) is 3. The number of nitriles is 1. The maximum atomic E-state index is 12.1. The fourth-order valence-corrected chi connectivity index (χ4v) is 2.93. The van der Waals surface area contributed by atoms with Crippen LogP contribution < -0.4 is 15.4 Å². The van der Waals surface area contributed by atoms with Gasteiger partial charge in [-0.1, -0.05) is 6.07 Å². The van der Waals surface area contributed by atoms with Crippen molar-refractivity contribution in [1.82, 2.24) is 15.0 Å². The zero-order valence-electron chi connectivity index (χ0n) is 15.0. The molecule has 2 aromatic heterocycles. The van der Waals surface area contributed by atoms with Crippen molar-refractivity contribution in [3.8, 4) is 11.8 Å². The molecule has 0 radical (unpaired) electrons. The van der Waals surface area contributed by atoms with E-state index in [0.29, 0.717) is 45.5 Å². The van der Waals surface area contributed by atoms with E-state index in [0.717, 1.165) is 12.8 Å². The quantitative estimate of drug-likeness (QED) is 0.642. The van der Waals surface area contributed by atoms with E-state index < -0.39 is 0 Å². The van der Waals surface area contributed by atoms with Gasteiger partial charge in [0.15, 0.2) is 11.4 Å². The van der Waals surface area contributed by atoms with Gasteiger partial charge in [-0.25, -0.2) is 9.97 Å². The van der Waals surface area contributed by atoms with E-state index in [2.05, 4.69) is 31.7 Å². The van der Waals surface area contributed by atoms with E-state index >= 15 is 0 Å². The Balaban J connectivity index is 1.76. The standard InChI is InChI=1S/C19H18N6O2/c1-10-21-16-14(23-13-5-3-4-12(9-20)17(13)27-2)8-15(24-18(16)22-10)25-19(26)11-6-7-11/h3-5,8,11H,6-7H2,1-2H3,(H3,21,22,23,24,25,26). The summed E-state index contributed by atoms with van der Waals surface area (Å²) in [6, 6.07) is 9.12. The molecule has 2 heterocycles. The predicted octanol–water partition coefficient (Wildman–Crippen LogP) is 3.24. The monoisotopic (exact) mass is 362 g/mol. The van der Waals surface area contributed by atoms with E-state index in [9.17, 15) is 10.1 Å². The molecule has 3 aromatic rings. The van der Waals surface area contributed by atoms with Crippen molar-refractivity contribution >= 4 is 34.3 Å². The molecule has 136 valence electrons. The van der Waals surface area contributed by atoms with Gasteiger partial charge in [0.25, 0.3) is 0 Å². The van der Waals surface area contributed by atoms with Crippen LogP contribution in [0, 0.1) is 24.2 Å². The van der Waals surface area contributed by atoms with Gasteiger partial charge in [0.05, 0.1) is 24.0 Å². The number of amides is 1. The summed E-state index contributed by atoms with van der Waals surface area (Å²) < 4.78 is 5.39. The van der Waals surface area contributed by atoms with E-state index in [4.69, 9.17) is 4.74 Å². The summed E-state index contributed by atoms with van der Waals surface area (Å²) in [5.74, 6) is 1.66. The molecule has 1 aliphatic carbocycles. The number of methoxy groups -OCH3 is 1. The van der Waals surface area contributed by atoms with Crippen molar-refractivity contribution in [3.63, 3.8) is 0 Å². The smallest absolute Gasteiger partial charge is 0.228 e. The SMILES string of the molecule is COc1c(C#N)cccc1Nc1cc(NC(=O)C2CC2)nc2[nH]c(C)nc12. The molecule has 0 spiro atoms. The normalized spacial score (nSPS) is 13.2. The van der Waals surface area contributed by atoms with Gasteiger partial charge < -0.3 is 20.4 Å². The average Bonchev–Trinajstić information content (AvgIpc) is 3.43. The number of anilines is 3. The largest absolute Gasteiger partial charge is 0.493 e. The number of aromatic amines is 1. The maximum absolute atomic E-state index is 12.1. The first-order chi connectivity index (χ1) is 13.1. The summed E-state index contributed by atoms with van der Waals surface area (Å²) in [6.45, 7) is 1.84. The van der Waals surface area contributed by atoms with Crippen LogP contribution in [0.3, 0.4) is 0 Å². The molecule has 1 amide bonds. The predicted molar refractivity (Wildman–Crippen MR) is 101 cm³/mol. The summed E-state index contributed by atoms with van der Waals surface area (Å²) in [5, 5.41) is 15.4. The number of rotatable bonds is 5. The highest BCUT2D eigenvalue weighted by atomic mass is 16.5. The van der Waals surface area contributed by atoms with Gasteiger partial charge in [0.1, 0.15) is 23.2 Å². The third kappa shape index (κ3) is 3.27. The number of carbonyl (C=O) groups excluding carboxylic acids is 1. The van der Waals surface area contributed by atoms with Crippen molar-refractivity contribution in [1.29, 1.82) is 5.26 Å². The Morgan fingerprint density at radius 3 is 2.85 bits per heavy atom. The molecule has 8 nitrogen and oxygen atoms in total. The molecule has 1 aliphatic rings. The number of aromatic nitrogens is 3. The van der Waals surface area contributed by atoms with Crippen LogP contribution in [0.4, 0.5) is 17.2 Å². The summed E-state index contributed by atoms with van der Waals surface area (Å²) in [7, 11) is 1.52. The number of nitrogens with one attached hydrogen (secondary N) is 3. The number of aryl methyl sites for hydroxylation is 1. The Morgan fingerprint density at radius 1 is 1.33 bits per heavy atom. The molecule has 0 bridgehead atoms. The lowest BCUT2D eigenvalue weighted by atomic mass is 10.2. The van der Waals surface area contributed by atoms with E-state index in [1.165, 1.54) is 7.11 Å². The summed E-state index contributed by atoms with van der Waals surface area (Å²) in [6.07, 6.45) is 1.83. The van der Waals surface area contributed by atoms with Gasteiger partial charge in [-0.2, -0.15) is 5.26 Å². The first-order valence-corrected chi connectivity index (χ1v) is 8.61. The van der Waals surface area contributed by atoms with Crippen molar-refractivity contribution < 1.29 is 9.53 Å². The van der Waals surface area contributed by atoms with Gasteiger partial charge >= 0.3 is 0 Å². The molecule has 27 heavy (non-hydrogen) atoms. The Labute approximate surface area is 155 Å². The van der Waals surface area contributed by atoms with E-state index in [1.54, 1.807) is 18.2 Å². The highest BCUT2D eigenvalue weighted by molar-refractivity contribution is 5.97. The fourth-order valence-electron chi connectivity index (χ4n) is 2.93. The number of fused-ring (bicyclic) bond motifs is 1. The van der Waals surface area contributed by atoms with Gasteiger partial charge in [0.2, 0.25) is 5.91 Å². The number of nitrogens with zero attached hydrogens (tertiary/aromatic N) is 3. The molecule has 0 saturated heterocycles. The second-order valence-electron chi connectivity index (χ2n) is 6.46. The first-order valence-electron chi connectivity index (χ1n) is 8.61. The van der Waals surface area contributed by atoms with Gasteiger partial charge in [-0.15, -0.1) is 0 Å². The van der Waals surface area contributed by atoms with Crippen LogP contribution in [-0.4, -0.2) is 28.0 Å². The highest BCUT2D eigenvalue weighted by Gasteiger charge is 2.30. The Bertz CT molecular complexity index is 1080. The van der Waals surface area contributed by atoms with Crippen LogP contribution in [0.15, 0.2) is 24.3 Å². The molecule has 4 rings (SSSR count). The molecule has 1 aromatic carbocycles. The topological polar surface area (TPSA) is 116 Å². The van der Waals surface area contributed by atoms with Crippen molar-refractivity contribution in [2.45, 2.75) is 19.8 Å².